The predicted octanol–water partition coefficient (Wildman–Crippen LogP) is 3.96. The van der Waals surface area contributed by atoms with Gasteiger partial charge in [0, 0.05) is 0 Å². The lowest BCUT2D eigenvalue weighted by atomic mass is 10.1. The lowest BCUT2D eigenvalue weighted by Gasteiger charge is -2.21. The zero-order valence-corrected chi connectivity index (χ0v) is 16.6. The zero-order chi connectivity index (χ0) is 20.3. The fourth-order valence-electron chi connectivity index (χ4n) is 2.51. The van der Waals surface area contributed by atoms with E-state index in [2.05, 4.69) is 5.32 Å². The maximum absolute atomic E-state index is 12.5. The summed E-state index contributed by atoms with van der Waals surface area (Å²) in [6, 6.07) is 7.78. The van der Waals surface area contributed by atoms with Gasteiger partial charge in [0.05, 0.1) is 28.4 Å². The number of amides is 1. The zero-order valence-electron chi connectivity index (χ0n) is 15.1. The average molecular weight is 426 g/mol. The Morgan fingerprint density at radius 2 is 1.93 bits per heavy atom. The minimum atomic E-state index is -1.08. The summed E-state index contributed by atoms with van der Waals surface area (Å²) in [5.41, 5.74) is 0.490. The topological polar surface area (TPSA) is 83.1 Å². The highest BCUT2D eigenvalue weighted by Gasteiger charge is 2.24. The van der Waals surface area contributed by atoms with Crippen LogP contribution in [-0.4, -0.2) is 38.3 Å². The predicted molar refractivity (Wildman–Crippen MR) is 104 cm³/mol. The van der Waals surface area contributed by atoms with E-state index < -0.39 is 18.0 Å². The minimum absolute atomic E-state index is 0.168. The molecule has 0 aliphatic carbocycles. The smallest absolute Gasteiger partial charge is 0.339 e. The molecule has 9 heteroatoms. The number of carbonyl (C=O) groups is 2. The SMILES string of the molecule is COc1cc(C(=O)OC(C)C(=O)Nc2cccc(Cl)c2Cl)cc2c1OCCO2. The van der Waals surface area contributed by atoms with Crippen LogP contribution in [0.5, 0.6) is 17.2 Å². The van der Waals surface area contributed by atoms with Crippen LogP contribution in [0.15, 0.2) is 30.3 Å². The van der Waals surface area contributed by atoms with Crippen LogP contribution in [0.3, 0.4) is 0 Å². The largest absolute Gasteiger partial charge is 0.493 e. The molecule has 1 unspecified atom stereocenters. The van der Waals surface area contributed by atoms with Crippen LogP contribution in [0.2, 0.25) is 10.0 Å². The average Bonchev–Trinajstić information content (AvgIpc) is 2.70. The highest BCUT2D eigenvalue weighted by atomic mass is 35.5. The van der Waals surface area contributed by atoms with Gasteiger partial charge < -0.3 is 24.3 Å². The lowest BCUT2D eigenvalue weighted by molar-refractivity contribution is -0.123. The Labute approximate surface area is 171 Å². The molecule has 0 radical (unpaired) electrons. The highest BCUT2D eigenvalue weighted by Crippen LogP contribution is 2.40. The molecule has 3 rings (SSSR count). The van der Waals surface area contributed by atoms with E-state index in [0.717, 1.165) is 0 Å². The number of carbonyl (C=O) groups excluding carboxylic acids is 2. The summed E-state index contributed by atoms with van der Waals surface area (Å²) in [5, 5.41) is 3.08. The van der Waals surface area contributed by atoms with Crippen LogP contribution < -0.4 is 19.5 Å². The summed E-state index contributed by atoms with van der Waals surface area (Å²) in [4.78, 5) is 24.8. The number of ether oxygens (including phenoxy) is 4. The molecular weight excluding hydrogens is 409 g/mol. The Bertz CT molecular complexity index is 900. The molecule has 1 amide bonds. The highest BCUT2D eigenvalue weighted by molar-refractivity contribution is 6.44. The molecule has 0 saturated carbocycles. The summed E-state index contributed by atoms with van der Waals surface area (Å²) >= 11 is 12.0. The number of rotatable bonds is 5. The third kappa shape index (κ3) is 4.26. The molecule has 0 saturated heterocycles. The second-order valence-corrected chi connectivity index (χ2v) is 6.63. The lowest BCUT2D eigenvalue weighted by Crippen LogP contribution is -2.30. The van der Waals surface area contributed by atoms with Crippen molar-refractivity contribution in [2.24, 2.45) is 0 Å². The molecule has 0 fully saturated rings. The minimum Gasteiger partial charge on any atom is -0.493 e. The number of esters is 1. The second kappa shape index (κ2) is 8.58. The van der Waals surface area contributed by atoms with Crippen LogP contribution in [-0.2, 0) is 9.53 Å². The van der Waals surface area contributed by atoms with Crippen molar-refractivity contribution >= 4 is 40.8 Å². The molecule has 28 heavy (non-hydrogen) atoms. The molecule has 0 aromatic heterocycles. The van der Waals surface area contributed by atoms with Crippen molar-refractivity contribution in [3.05, 3.63) is 45.9 Å². The van der Waals surface area contributed by atoms with E-state index in [1.54, 1.807) is 18.2 Å². The quantitative estimate of drug-likeness (QED) is 0.729. The summed E-state index contributed by atoms with van der Waals surface area (Å²) < 4.78 is 21.5. The summed E-state index contributed by atoms with van der Waals surface area (Å²) in [6.45, 7) is 2.19. The number of hydrogen-bond donors (Lipinski definition) is 1. The molecule has 1 heterocycles. The maximum Gasteiger partial charge on any atom is 0.339 e. The molecule has 7 nitrogen and oxygen atoms in total. The van der Waals surface area contributed by atoms with Gasteiger partial charge in [0.1, 0.15) is 13.2 Å². The number of methoxy groups -OCH3 is 1. The molecule has 0 bridgehead atoms. The molecule has 2 aromatic rings. The second-order valence-electron chi connectivity index (χ2n) is 5.84. The summed E-state index contributed by atoms with van der Waals surface area (Å²) in [7, 11) is 1.45. The Balaban J connectivity index is 1.71. The normalized spacial score (nSPS) is 13.4. The number of nitrogens with one attached hydrogen (secondary N) is 1. The molecule has 1 aliphatic heterocycles. The van der Waals surface area contributed by atoms with Crippen LogP contribution in [0, 0.1) is 0 Å². The van der Waals surface area contributed by atoms with Crippen molar-refractivity contribution in [3.8, 4) is 17.2 Å². The molecule has 2 aromatic carbocycles. The molecule has 148 valence electrons. The van der Waals surface area contributed by atoms with Gasteiger partial charge >= 0.3 is 5.97 Å². The molecule has 1 atom stereocenters. The molecule has 1 aliphatic rings. The van der Waals surface area contributed by atoms with Gasteiger partial charge in [0.2, 0.25) is 5.75 Å². The van der Waals surface area contributed by atoms with E-state index in [-0.39, 0.29) is 10.6 Å². The monoisotopic (exact) mass is 425 g/mol. The number of anilines is 1. The van der Waals surface area contributed by atoms with E-state index in [4.69, 9.17) is 42.1 Å². The van der Waals surface area contributed by atoms with Crippen LogP contribution in [0.4, 0.5) is 5.69 Å². The van der Waals surface area contributed by atoms with Crippen molar-refractivity contribution < 1.29 is 28.5 Å². The van der Waals surface area contributed by atoms with Gasteiger partial charge in [0.15, 0.2) is 17.6 Å². The molecule has 0 spiro atoms. The van der Waals surface area contributed by atoms with Gasteiger partial charge in [-0.25, -0.2) is 4.79 Å². The summed E-state index contributed by atoms with van der Waals surface area (Å²) in [6.07, 6.45) is -1.08. The van der Waals surface area contributed by atoms with Gasteiger partial charge in [-0.05, 0) is 31.2 Å². The van der Waals surface area contributed by atoms with Crippen molar-refractivity contribution in [1.82, 2.24) is 0 Å². The van der Waals surface area contributed by atoms with Crippen molar-refractivity contribution in [1.29, 1.82) is 0 Å². The van der Waals surface area contributed by atoms with E-state index in [0.29, 0.717) is 41.2 Å². The van der Waals surface area contributed by atoms with Crippen molar-refractivity contribution in [2.75, 3.05) is 25.6 Å². The first-order chi connectivity index (χ1) is 13.4. The van der Waals surface area contributed by atoms with Crippen LogP contribution in [0.25, 0.3) is 0 Å². The van der Waals surface area contributed by atoms with Gasteiger partial charge in [-0.15, -0.1) is 0 Å². The first-order valence-electron chi connectivity index (χ1n) is 8.34. The first kappa shape index (κ1) is 20.1. The number of hydrogen-bond acceptors (Lipinski definition) is 6. The third-order valence-corrected chi connectivity index (χ3v) is 4.75. The third-order valence-electron chi connectivity index (χ3n) is 3.93. The van der Waals surface area contributed by atoms with E-state index in [1.165, 1.54) is 26.2 Å². The number of halogens is 2. The van der Waals surface area contributed by atoms with E-state index in [1.807, 2.05) is 0 Å². The molecule has 1 N–H and O–H groups in total. The number of fused-ring (bicyclic) bond motifs is 1. The Kier molecular flexibility index (Phi) is 6.16. The van der Waals surface area contributed by atoms with Gasteiger partial charge in [0.25, 0.3) is 5.91 Å². The van der Waals surface area contributed by atoms with Gasteiger partial charge in [-0.3, -0.25) is 4.79 Å². The Morgan fingerprint density at radius 1 is 1.18 bits per heavy atom. The van der Waals surface area contributed by atoms with E-state index in [9.17, 15) is 9.59 Å². The molecular formula is C19H17Cl2NO6. The van der Waals surface area contributed by atoms with Crippen molar-refractivity contribution in [2.45, 2.75) is 13.0 Å². The maximum atomic E-state index is 12.5. The van der Waals surface area contributed by atoms with Crippen LogP contribution in [0.1, 0.15) is 17.3 Å². The van der Waals surface area contributed by atoms with Crippen molar-refractivity contribution in [3.63, 3.8) is 0 Å². The Hall–Kier alpha value is -2.64. The van der Waals surface area contributed by atoms with Gasteiger partial charge in [-0.2, -0.15) is 0 Å². The standard InChI is InChI=1S/C19H17Cl2NO6/c1-10(18(23)22-13-5-3-4-12(20)16(13)21)28-19(24)11-8-14(25-2)17-15(9-11)26-6-7-27-17/h3-5,8-10H,6-7H2,1-2H3,(H,22,23). The van der Waals surface area contributed by atoms with Gasteiger partial charge in [-0.1, -0.05) is 29.3 Å². The Morgan fingerprint density at radius 3 is 2.68 bits per heavy atom. The first-order valence-corrected chi connectivity index (χ1v) is 9.09. The van der Waals surface area contributed by atoms with Crippen LogP contribution >= 0.6 is 23.2 Å². The number of benzene rings is 2. The van der Waals surface area contributed by atoms with E-state index >= 15 is 0 Å². The fourth-order valence-corrected chi connectivity index (χ4v) is 2.86. The summed E-state index contributed by atoms with van der Waals surface area (Å²) in [5.74, 6) is -0.129. The fraction of sp³-hybridized carbons (Fsp3) is 0.263.